The zero-order valence-corrected chi connectivity index (χ0v) is 12.2. The number of aliphatic hydroxyl groups excluding tert-OH is 1. The van der Waals surface area contributed by atoms with Gasteiger partial charge in [0, 0.05) is 13.2 Å². The highest BCUT2D eigenvalue weighted by Crippen LogP contribution is 2.20. The fourth-order valence-corrected chi connectivity index (χ4v) is 2.05. The third kappa shape index (κ3) is 6.39. The number of rotatable bonds is 7. The molecule has 0 aliphatic rings. The minimum Gasteiger partial charge on any atom is -0.396 e. The highest BCUT2D eigenvalue weighted by molar-refractivity contribution is 5.78. The highest BCUT2D eigenvalue weighted by Gasteiger charge is 2.18. The Morgan fingerprint density at radius 1 is 1.37 bits per heavy atom. The molecule has 0 aromatic heterocycles. The predicted molar refractivity (Wildman–Crippen MR) is 78.0 cm³/mol. The molecule has 0 radical (unpaired) electrons. The van der Waals surface area contributed by atoms with Gasteiger partial charge in [0.2, 0.25) is 5.91 Å². The molecule has 1 aromatic rings. The summed E-state index contributed by atoms with van der Waals surface area (Å²) in [5.74, 6) is 0.0580. The van der Waals surface area contributed by atoms with Crippen LogP contribution in [0.15, 0.2) is 24.3 Å². The van der Waals surface area contributed by atoms with E-state index in [1.807, 2.05) is 31.2 Å². The summed E-state index contributed by atoms with van der Waals surface area (Å²) in [6.45, 7) is 7.10. The standard InChI is InChI=1S/C16H25NO2/c1-13-6-4-7-14(10-13)11-15(19)17-12-16(2,3)8-5-9-18/h4,6-7,10,18H,5,8-9,11-12H2,1-3H3,(H,17,19). The van der Waals surface area contributed by atoms with Crippen molar-refractivity contribution in [3.8, 4) is 0 Å². The van der Waals surface area contributed by atoms with Crippen molar-refractivity contribution < 1.29 is 9.90 Å². The fourth-order valence-electron chi connectivity index (χ4n) is 2.05. The normalized spacial score (nSPS) is 11.4. The van der Waals surface area contributed by atoms with E-state index in [4.69, 9.17) is 5.11 Å². The molecule has 0 bridgehead atoms. The second-order valence-electron chi connectivity index (χ2n) is 5.93. The Bertz CT molecular complexity index is 413. The molecular weight excluding hydrogens is 238 g/mol. The molecule has 0 aliphatic carbocycles. The number of hydrogen-bond donors (Lipinski definition) is 2. The van der Waals surface area contributed by atoms with Crippen molar-refractivity contribution in [3.05, 3.63) is 35.4 Å². The van der Waals surface area contributed by atoms with E-state index in [2.05, 4.69) is 19.2 Å². The molecular formula is C16H25NO2. The molecule has 0 saturated carbocycles. The smallest absolute Gasteiger partial charge is 0.224 e. The van der Waals surface area contributed by atoms with Gasteiger partial charge in [0.05, 0.1) is 6.42 Å². The summed E-state index contributed by atoms with van der Waals surface area (Å²) < 4.78 is 0. The molecule has 0 saturated heterocycles. The number of aryl methyl sites for hydroxylation is 1. The molecule has 1 amide bonds. The zero-order valence-electron chi connectivity index (χ0n) is 12.2. The minimum atomic E-state index is 0.0327. The molecule has 106 valence electrons. The van der Waals surface area contributed by atoms with Gasteiger partial charge in [0.1, 0.15) is 0 Å². The summed E-state index contributed by atoms with van der Waals surface area (Å²) in [6.07, 6.45) is 2.12. The first-order valence-corrected chi connectivity index (χ1v) is 6.86. The quantitative estimate of drug-likeness (QED) is 0.794. The summed E-state index contributed by atoms with van der Waals surface area (Å²) in [5, 5.41) is 11.8. The Kier molecular flexibility index (Phi) is 6.03. The van der Waals surface area contributed by atoms with E-state index in [9.17, 15) is 4.79 Å². The molecule has 3 nitrogen and oxygen atoms in total. The molecule has 0 spiro atoms. The number of hydrogen-bond acceptors (Lipinski definition) is 2. The van der Waals surface area contributed by atoms with Crippen molar-refractivity contribution in [3.63, 3.8) is 0 Å². The SMILES string of the molecule is Cc1cccc(CC(=O)NCC(C)(C)CCCO)c1. The van der Waals surface area contributed by atoms with Crippen molar-refractivity contribution in [1.82, 2.24) is 5.32 Å². The van der Waals surface area contributed by atoms with Gasteiger partial charge in [-0.25, -0.2) is 0 Å². The Hall–Kier alpha value is -1.35. The summed E-state index contributed by atoms with van der Waals surface area (Å²) in [6, 6.07) is 8.02. The topological polar surface area (TPSA) is 49.3 Å². The van der Waals surface area contributed by atoms with E-state index in [0.717, 1.165) is 18.4 Å². The number of nitrogens with one attached hydrogen (secondary N) is 1. The van der Waals surface area contributed by atoms with Gasteiger partial charge in [-0.1, -0.05) is 43.7 Å². The van der Waals surface area contributed by atoms with E-state index in [1.165, 1.54) is 5.56 Å². The maximum Gasteiger partial charge on any atom is 0.224 e. The van der Waals surface area contributed by atoms with Crippen LogP contribution in [0.2, 0.25) is 0 Å². The summed E-state index contributed by atoms with van der Waals surface area (Å²) >= 11 is 0. The van der Waals surface area contributed by atoms with Crippen LogP contribution in [-0.2, 0) is 11.2 Å². The van der Waals surface area contributed by atoms with Crippen LogP contribution in [0.25, 0.3) is 0 Å². The number of carbonyl (C=O) groups is 1. The molecule has 1 aromatic carbocycles. The third-order valence-electron chi connectivity index (χ3n) is 3.22. The van der Waals surface area contributed by atoms with Crippen LogP contribution >= 0.6 is 0 Å². The number of aliphatic hydroxyl groups is 1. The van der Waals surface area contributed by atoms with Crippen molar-refractivity contribution in [2.75, 3.05) is 13.2 Å². The average molecular weight is 263 g/mol. The van der Waals surface area contributed by atoms with E-state index < -0.39 is 0 Å². The van der Waals surface area contributed by atoms with Gasteiger partial charge in [-0.3, -0.25) is 4.79 Å². The predicted octanol–water partition coefficient (Wildman–Crippen LogP) is 2.45. The second kappa shape index (κ2) is 7.29. The Labute approximate surface area is 116 Å². The van der Waals surface area contributed by atoms with E-state index >= 15 is 0 Å². The maximum absolute atomic E-state index is 11.9. The molecule has 2 N–H and O–H groups in total. The molecule has 0 aliphatic heterocycles. The largest absolute Gasteiger partial charge is 0.396 e. The number of benzene rings is 1. The monoisotopic (exact) mass is 263 g/mol. The van der Waals surface area contributed by atoms with Gasteiger partial charge in [0.15, 0.2) is 0 Å². The first-order chi connectivity index (χ1) is 8.93. The molecule has 3 heteroatoms. The third-order valence-corrected chi connectivity index (χ3v) is 3.22. The second-order valence-corrected chi connectivity index (χ2v) is 5.93. The summed E-state index contributed by atoms with van der Waals surface area (Å²) in [7, 11) is 0. The first kappa shape index (κ1) is 15.7. The Balaban J connectivity index is 2.39. The zero-order chi connectivity index (χ0) is 14.3. The average Bonchev–Trinajstić information content (AvgIpc) is 2.34. The van der Waals surface area contributed by atoms with Crippen LogP contribution < -0.4 is 5.32 Å². The van der Waals surface area contributed by atoms with Gasteiger partial charge < -0.3 is 10.4 Å². The van der Waals surface area contributed by atoms with E-state index in [1.54, 1.807) is 0 Å². The fraction of sp³-hybridized carbons (Fsp3) is 0.562. The van der Waals surface area contributed by atoms with Gasteiger partial charge in [-0.05, 0) is 30.7 Å². The van der Waals surface area contributed by atoms with Crippen LogP contribution in [0, 0.1) is 12.3 Å². The molecule has 19 heavy (non-hydrogen) atoms. The summed E-state index contributed by atoms with van der Waals surface area (Å²) in [4.78, 5) is 11.9. The maximum atomic E-state index is 11.9. The summed E-state index contributed by atoms with van der Waals surface area (Å²) in [5.41, 5.74) is 2.25. The van der Waals surface area contributed by atoms with Crippen LogP contribution in [0.3, 0.4) is 0 Å². The van der Waals surface area contributed by atoms with Crippen molar-refractivity contribution in [1.29, 1.82) is 0 Å². The lowest BCUT2D eigenvalue weighted by molar-refractivity contribution is -0.120. The van der Waals surface area contributed by atoms with Crippen LogP contribution in [0.1, 0.15) is 37.8 Å². The lowest BCUT2D eigenvalue weighted by Gasteiger charge is -2.24. The van der Waals surface area contributed by atoms with Crippen LogP contribution in [-0.4, -0.2) is 24.2 Å². The lowest BCUT2D eigenvalue weighted by atomic mass is 9.88. The molecule has 0 unspecified atom stereocenters. The van der Waals surface area contributed by atoms with E-state index in [0.29, 0.717) is 13.0 Å². The first-order valence-electron chi connectivity index (χ1n) is 6.86. The van der Waals surface area contributed by atoms with Gasteiger partial charge in [-0.15, -0.1) is 0 Å². The molecule has 0 fully saturated rings. The van der Waals surface area contributed by atoms with E-state index in [-0.39, 0.29) is 17.9 Å². The van der Waals surface area contributed by atoms with Gasteiger partial charge >= 0.3 is 0 Å². The molecule has 1 rings (SSSR count). The van der Waals surface area contributed by atoms with Crippen molar-refractivity contribution in [2.24, 2.45) is 5.41 Å². The minimum absolute atomic E-state index is 0.0327. The van der Waals surface area contributed by atoms with Gasteiger partial charge in [-0.2, -0.15) is 0 Å². The number of amides is 1. The van der Waals surface area contributed by atoms with Crippen molar-refractivity contribution in [2.45, 2.75) is 40.0 Å². The number of carbonyl (C=O) groups excluding carboxylic acids is 1. The van der Waals surface area contributed by atoms with Gasteiger partial charge in [0.25, 0.3) is 0 Å². The Morgan fingerprint density at radius 2 is 2.11 bits per heavy atom. The van der Waals surface area contributed by atoms with Crippen LogP contribution in [0.5, 0.6) is 0 Å². The van der Waals surface area contributed by atoms with Crippen LogP contribution in [0.4, 0.5) is 0 Å². The lowest BCUT2D eigenvalue weighted by Crippen LogP contribution is -2.35. The molecule has 0 atom stereocenters. The molecule has 0 heterocycles. The Morgan fingerprint density at radius 3 is 2.74 bits per heavy atom. The van der Waals surface area contributed by atoms with Crippen molar-refractivity contribution >= 4 is 5.91 Å². The highest BCUT2D eigenvalue weighted by atomic mass is 16.2.